The number of pyridine rings is 1. The van der Waals surface area contributed by atoms with Crippen LogP contribution in [-0.4, -0.2) is 63.0 Å². The Bertz CT molecular complexity index is 1960. The number of rotatable bonds is 3. The Balaban J connectivity index is 1.54. The third kappa shape index (κ3) is 4.41. The van der Waals surface area contributed by atoms with Gasteiger partial charge in [-0.1, -0.05) is 50.2 Å². The molecule has 1 N–H and O–H groups in total. The number of hydrogen-bond acceptors (Lipinski definition) is 7. The molecular formula is C32H28ClFN6O4. The van der Waals surface area contributed by atoms with Gasteiger partial charge in [-0.05, 0) is 48.2 Å². The lowest BCUT2D eigenvalue weighted by Crippen LogP contribution is -2.49. The van der Waals surface area contributed by atoms with E-state index < -0.39 is 17.4 Å². The number of benzene rings is 2. The second-order valence-corrected chi connectivity index (χ2v) is 11.8. The van der Waals surface area contributed by atoms with E-state index in [1.165, 1.54) is 22.8 Å². The third-order valence-electron chi connectivity index (χ3n) is 8.40. The van der Waals surface area contributed by atoms with Crippen LogP contribution in [0.15, 0.2) is 59.9 Å². The number of carbonyl (C=O) groups is 2. The second kappa shape index (κ2) is 10.4. The van der Waals surface area contributed by atoms with Crippen molar-refractivity contribution in [3.8, 4) is 22.7 Å². The van der Waals surface area contributed by atoms with Crippen LogP contribution in [0, 0.1) is 5.82 Å². The van der Waals surface area contributed by atoms with Gasteiger partial charge < -0.3 is 19.9 Å². The summed E-state index contributed by atoms with van der Waals surface area (Å²) in [6.45, 7) is 8.05. The number of para-hydroxylation sites is 1. The van der Waals surface area contributed by atoms with Gasteiger partial charge in [-0.3, -0.25) is 9.59 Å². The van der Waals surface area contributed by atoms with Crippen LogP contribution < -0.4 is 20.6 Å². The summed E-state index contributed by atoms with van der Waals surface area (Å²) < 4.78 is 22.9. The van der Waals surface area contributed by atoms with Crippen LogP contribution in [-0.2, 0) is 9.59 Å². The molecule has 1 unspecified atom stereocenters. The number of anilines is 2. The summed E-state index contributed by atoms with van der Waals surface area (Å²) in [5.74, 6) is -0.675. The van der Waals surface area contributed by atoms with Crippen LogP contribution in [0.1, 0.15) is 31.7 Å². The monoisotopic (exact) mass is 614 g/mol. The minimum Gasteiger partial charge on any atom is -0.482 e. The highest BCUT2D eigenvalue weighted by molar-refractivity contribution is 6.34. The zero-order valence-corrected chi connectivity index (χ0v) is 24.8. The summed E-state index contributed by atoms with van der Waals surface area (Å²) in [6.07, 6.45) is 2.03. The van der Waals surface area contributed by atoms with E-state index in [0.29, 0.717) is 35.7 Å². The molecule has 2 aliphatic heterocycles. The Kier molecular flexibility index (Phi) is 6.65. The molecular weight excluding hydrogens is 587 g/mol. The topological polar surface area (TPSA) is 110 Å². The van der Waals surface area contributed by atoms with Gasteiger partial charge in [0, 0.05) is 13.1 Å². The number of aromatic nitrogens is 3. The number of piperazine rings is 1. The third-order valence-corrected chi connectivity index (χ3v) is 8.68. The van der Waals surface area contributed by atoms with Crippen molar-refractivity contribution in [1.82, 2.24) is 19.4 Å². The molecule has 0 radical (unpaired) electrons. The van der Waals surface area contributed by atoms with Gasteiger partial charge in [-0.15, -0.1) is 0 Å². The first-order valence-corrected chi connectivity index (χ1v) is 14.7. The number of hydrogen-bond donors (Lipinski definition) is 1. The first-order chi connectivity index (χ1) is 21.2. The average molecular weight is 615 g/mol. The van der Waals surface area contributed by atoms with Gasteiger partial charge >= 0.3 is 5.69 Å². The van der Waals surface area contributed by atoms with Crippen molar-refractivity contribution in [2.45, 2.75) is 38.3 Å². The predicted molar refractivity (Wildman–Crippen MR) is 165 cm³/mol. The lowest BCUT2D eigenvalue weighted by Gasteiger charge is -2.35. The van der Waals surface area contributed by atoms with E-state index in [-0.39, 0.29) is 58.1 Å². The first kappa shape index (κ1) is 28.0. The normalized spacial score (nSPS) is 18.9. The molecule has 3 aliphatic rings. The van der Waals surface area contributed by atoms with Crippen molar-refractivity contribution in [1.29, 1.82) is 0 Å². The molecule has 12 heteroatoms. The molecule has 44 heavy (non-hydrogen) atoms. The Morgan fingerprint density at radius 1 is 1.16 bits per heavy atom. The second-order valence-electron chi connectivity index (χ2n) is 11.4. The standard InChI is InChI=1S/C32H28ClFN6O4/c1-4-26(42)38-11-12-39(23-14-22(23)38)30-18-13-19(33)28-27-20(34)8-6-9-21(27)35-25(41)15-44-24-10-5-7-17(16(2)3)29(24)40(31(18)36-28)32(43)37-30/h4-10,13,16,22-23H,1,11-12,14-15H2,2-3H3,(H,35,41)/t22-,23?/m1/s1. The van der Waals surface area contributed by atoms with Gasteiger partial charge in [-0.25, -0.2) is 18.7 Å². The van der Waals surface area contributed by atoms with Crippen molar-refractivity contribution < 1.29 is 18.7 Å². The zero-order valence-electron chi connectivity index (χ0n) is 24.0. The van der Waals surface area contributed by atoms with E-state index in [1.807, 2.05) is 24.8 Å². The lowest BCUT2D eigenvalue weighted by atomic mass is 10.00. The molecule has 7 rings (SSSR count). The number of nitrogens with one attached hydrogen (secondary N) is 1. The van der Waals surface area contributed by atoms with E-state index in [1.54, 1.807) is 29.2 Å². The molecule has 2 atom stereocenters. The number of nitrogens with zero attached hydrogens (tertiary/aromatic N) is 5. The van der Waals surface area contributed by atoms with Crippen LogP contribution in [0.25, 0.3) is 28.0 Å². The molecule has 2 amide bonds. The van der Waals surface area contributed by atoms with Crippen LogP contribution in [0.3, 0.4) is 0 Å². The Morgan fingerprint density at radius 3 is 2.73 bits per heavy atom. The van der Waals surface area contributed by atoms with Crippen LogP contribution in [0.2, 0.25) is 5.02 Å². The van der Waals surface area contributed by atoms with E-state index in [2.05, 4.69) is 16.9 Å². The summed E-state index contributed by atoms with van der Waals surface area (Å²) in [6, 6.07) is 11.2. The largest absolute Gasteiger partial charge is 0.482 e. The molecule has 2 bridgehead atoms. The molecule has 10 nitrogen and oxygen atoms in total. The summed E-state index contributed by atoms with van der Waals surface area (Å²) in [7, 11) is 0. The fourth-order valence-electron chi connectivity index (χ4n) is 6.30. The number of ether oxygens (including phenoxy) is 1. The molecule has 1 saturated heterocycles. The smallest absolute Gasteiger partial charge is 0.355 e. The fraction of sp³-hybridized carbons (Fsp3) is 0.281. The van der Waals surface area contributed by atoms with E-state index in [9.17, 15) is 14.4 Å². The minimum atomic E-state index is -0.648. The Labute approximate surface area is 256 Å². The quantitative estimate of drug-likeness (QED) is 0.334. The number of carbonyl (C=O) groups excluding carboxylic acids is 2. The fourth-order valence-corrected chi connectivity index (χ4v) is 6.55. The lowest BCUT2D eigenvalue weighted by molar-refractivity contribution is -0.127. The maximum absolute atomic E-state index is 15.5. The van der Waals surface area contributed by atoms with Crippen molar-refractivity contribution in [2.75, 3.05) is 29.9 Å². The summed E-state index contributed by atoms with van der Waals surface area (Å²) >= 11 is 6.86. The SMILES string of the molecule is C=CC(=O)N1CCN(c2nc(=O)n3c4nc(c(Cl)cc24)-c2c(F)cccc2NC(=O)COc2cccc(C(C)C)c2-3)C2C[C@H]21. The average Bonchev–Trinajstić information content (AvgIpc) is 3.80. The summed E-state index contributed by atoms with van der Waals surface area (Å²) in [5, 5.41) is 3.32. The number of halogens is 2. The van der Waals surface area contributed by atoms with Crippen LogP contribution in [0.4, 0.5) is 15.9 Å². The Hall–Kier alpha value is -4.77. The molecule has 4 aromatic rings. The minimum absolute atomic E-state index is 0.0122. The van der Waals surface area contributed by atoms with Gasteiger partial charge in [0.2, 0.25) is 5.91 Å². The van der Waals surface area contributed by atoms with Gasteiger partial charge in [0.15, 0.2) is 12.3 Å². The zero-order chi connectivity index (χ0) is 30.9. The van der Waals surface area contributed by atoms with E-state index >= 15 is 4.39 Å². The first-order valence-electron chi connectivity index (χ1n) is 14.4. The van der Waals surface area contributed by atoms with Crippen molar-refractivity contribution >= 4 is 46.0 Å². The van der Waals surface area contributed by atoms with E-state index in [0.717, 1.165) is 12.0 Å². The van der Waals surface area contributed by atoms with Crippen molar-refractivity contribution in [3.05, 3.63) is 82.0 Å². The molecule has 2 aromatic heterocycles. The van der Waals surface area contributed by atoms with Crippen molar-refractivity contribution in [3.63, 3.8) is 0 Å². The highest BCUT2D eigenvalue weighted by Gasteiger charge is 2.51. The highest BCUT2D eigenvalue weighted by atomic mass is 35.5. The van der Waals surface area contributed by atoms with Crippen LogP contribution >= 0.6 is 11.6 Å². The number of amides is 2. The Morgan fingerprint density at radius 2 is 1.95 bits per heavy atom. The van der Waals surface area contributed by atoms with Gasteiger partial charge in [0.25, 0.3) is 5.91 Å². The van der Waals surface area contributed by atoms with Crippen LogP contribution in [0.5, 0.6) is 5.75 Å². The van der Waals surface area contributed by atoms with Gasteiger partial charge in [-0.2, -0.15) is 4.98 Å². The van der Waals surface area contributed by atoms with Crippen molar-refractivity contribution in [2.24, 2.45) is 0 Å². The number of fused-ring (bicyclic) bond motifs is 6. The molecule has 4 heterocycles. The van der Waals surface area contributed by atoms with Gasteiger partial charge in [0.05, 0.1) is 45.1 Å². The summed E-state index contributed by atoms with van der Waals surface area (Å²) in [5.41, 5.74) is 0.960. The molecule has 0 spiro atoms. The molecule has 1 saturated carbocycles. The van der Waals surface area contributed by atoms with Gasteiger partial charge in [0.1, 0.15) is 17.4 Å². The predicted octanol–water partition coefficient (Wildman–Crippen LogP) is 4.67. The molecule has 2 aromatic carbocycles. The molecule has 2 fully saturated rings. The van der Waals surface area contributed by atoms with E-state index in [4.69, 9.17) is 21.3 Å². The molecule has 1 aliphatic carbocycles. The highest BCUT2D eigenvalue weighted by Crippen LogP contribution is 2.43. The summed E-state index contributed by atoms with van der Waals surface area (Å²) in [4.78, 5) is 52.8. The maximum Gasteiger partial charge on any atom is 0.355 e. The maximum atomic E-state index is 15.5. The molecule has 224 valence electrons.